The van der Waals surface area contributed by atoms with E-state index in [-0.39, 0.29) is 23.0 Å². The number of carbonyl (C=O) groups excluding carboxylic acids is 2. The second kappa shape index (κ2) is 12.1. The van der Waals surface area contributed by atoms with Gasteiger partial charge >= 0.3 is 0 Å². The molecular weight excluding hydrogens is 514 g/mol. The largest absolute Gasteiger partial charge is 0.497 e. The summed E-state index contributed by atoms with van der Waals surface area (Å²) in [7, 11) is -1.11. The van der Waals surface area contributed by atoms with Crippen LogP contribution in [-0.2, 0) is 26.2 Å². The van der Waals surface area contributed by atoms with Crippen molar-refractivity contribution in [3.63, 3.8) is 0 Å². The third-order valence-electron chi connectivity index (χ3n) is 5.91. The van der Waals surface area contributed by atoms with Crippen molar-refractivity contribution < 1.29 is 22.7 Å². The molecule has 0 aliphatic rings. The predicted octanol–water partition coefficient (Wildman–Crippen LogP) is 4.02. The summed E-state index contributed by atoms with van der Waals surface area (Å²) in [6.07, 6.45) is 0. The van der Waals surface area contributed by atoms with Crippen LogP contribution in [0.15, 0.2) is 77.7 Å². The minimum atomic E-state index is -4.14. The van der Waals surface area contributed by atoms with Gasteiger partial charge in [-0.25, -0.2) is 8.42 Å². The van der Waals surface area contributed by atoms with E-state index in [4.69, 9.17) is 16.3 Å². The van der Waals surface area contributed by atoms with Gasteiger partial charge in [0.2, 0.25) is 11.8 Å². The third-order valence-corrected chi connectivity index (χ3v) is 7.93. The highest BCUT2D eigenvalue weighted by molar-refractivity contribution is 7.92. The van der Waals surface area contributed by atoms with Gasteiger partial charge in [0.25, 0.3) is 10.0 Å². The number of hydrogen-bond acceptors (Lipinski definition) is 5. The molecule has 0 saturated heterocycles. The molecule has 0 unspecified atom stereocenters. The zero-order valence-electron chi connectivity index (χ0n) is 21.1. The smallest absolute Gasteiger partial charge is 0.264 e. The highest BCUT2D eigenvalue weighted by Gasteiger charge is 2.32. The zero-order chi connectivity index (χ0) is 27.2. The van der Waals surface area contributed by atoms with Crippen LogP contribution in [0.3, 0.4) is 0 Å². The number of nitrogens with one attached hydrogen (secondary N) is 1. The number of carbonyl (C=O) groups is 2. The van der Waals surface area contributed by atoms with Crippen LogP contribution in [0.2, 0.25) is 5.02 Å². The molecule has 0 fully saturated rings. The van der Waals surface area contributed by atoms with E-state index >= 15 is 0 Å². The predicted molar refractivity (Wildman–Crippen MR) is 144 cm³/mol. The maximum absolute atomic E-state index is 13.7. The number of rotatable bonds is 10. The van der Waals surface area contributed by atoms with Gasteiger partial charge in [0.1, 0.15) is 18.3 Å². The van der Waals surface area contributed by atoms with E-state index in [9.17, 15) is 18.0 Å². The number of halogens is 1. The van der Waals surface area contributed by atoms with Gasteiger partial charge in [0.05, 0.1) is 17.7 Å². The first kappa shape index (κ1) is 28.0. The van der Waals surface area contributed by atoms with Crippen LogP contribution in [-0.4, -0.2) is 51.9 Å². The monoisotopic (exact) mass is 543 g/mol. The summed E-state index contributed by atoms with van der Waals surface area (Å²) in [5.74, 6) is -0.280. The second-order valence-electron chi connectivity index (χ2n) is 8.46. The lowest BCUT2D eigenvalue weighted by molar-refractivity contribution is -0.139. The van der Waals surface area contributed by atoms with Gasteiger partial charge in [-0.15, -0.1) is 0 Å². The van der Waals surface area contributed by atoms with Crippen molar-refractivity contribution in [1.82, 2.24) is 10.2 Å². The Hall–Kier alpha value is -3.56. The SMILES string of the molecule is CNC(=O)[C@H](C)N(Cc1ccc(OC)cc1)C(=O)CN(c1cccc(Cl)c1)S(=O)(=O)c1ccc(C)cc1. The van der Waals surface area contributed by atoms with Crippen molar-refractivity contribution >= 4 is 39.1 Å². The first-order chi connectivity index (χ1) is 17.6. The Morgan fingerprint density at radius 3 is 2.24 bits per heavy atom. The van der Waals surface area contributed by atoms with E-state index in [2.05, 4.69) is 5.32 Å². The molecule has 0 radical (unpaired) electrons. The molecule has 0 aliphatic carbocycles. The average molecular weight is 544 g/mol. The molecule has 10 heteroatoms. The molecule has 8 nitrogen and oxygen atoms in total. The highest BCUT2D eigenvalue weighted by Crippen LogP contribution is 2.27. The molecule has 0 heterocycles. The van der Waals surface area contributed by atoms with E-state index in [1.54, 1.807) is 68.6 Å². The van der Waals surface area contributed by atoms with Gasteiger partial charge in [0, 0.05) is 18.6 Å². The summed E-state index contributed by atoms with van der Waals surface area (Å²) in [6, 6.07) is 18.9. The van der Waals surface area contributed by atoms with Crippen LogP contribution >= 0.6 is 11.6 Å². The Morgan fingerprint density at radius 2 is 1.68 bits per heavy atom. The fraction of sp³-hybridized carbons (Fsp3) is 0.259. The van der Waals surface area contributed by atoms with E-state index < -0.39 is 28.5 Å². The lowest BCUT2D eigenvalue weighted by atomic mass is 10.1. The number of nitrogens with zero attached hydrogens (tertiary/aromatic N) is 2. The van der Waals surface area contributed by atoms with Crippen LogP contribution in [0.4, 0.5) is 5.69 Å². The van der Waals surface area contributed by atoms with Crippen molar-refractivity contribution in [2.75, 3.05) is 25.0 Å². The first-order valence-electron chi connectivity index (χ1n) is 11.6. The van der Waals surface area contributed by atoms with Crippen LogP contribution in [0.1, 0.15) is 18.1 Å². The third kappa shape index (κ3) is 6.81. The molecule has 0 saturated carbocycles. The fourth-order valence-electron chi connectivity index (χ4n) is 3.72. The Kier molecular flexibility index (Phi) is 9.18. The number of methoxy groups -OCH3 is 1. The van der Waals surface area contributed by atoms with Crippen molar-refractivity contribution in [2.24, 2.45) is 0 Å². The van der Waals surface area contributed by atoms with Crippen LogP contribution in [0, 0.1) is 6.92 Å². The molecule has 1 atom stereocenters. The van der Waals surface area contributed by atoms with E-state index in [1.807, 2.05) is 6.92 Å². The molecular formula is C27H30ClN3O5S. The number of likely N-dealkylation sites (N-methyl/N-ethyl adjacent to an activating group) is 1. The van der Waals surface area contributed by atoms with Gasteiger partial charge < -0.3 is 15.0 Å². The molecule has 0 bridgehead atoms. The number of ether oxygens (including phenoxy) is 1. The van der Waals surface area contributed by atoms with E-state index in [0.717, 1.165) is 15.4 Å². The summed E-state index contributed by atoms with van der Waals surface area (Å²) in [5, 5.41) is 2.88. The number of sulfonamides is 1. The first-order valence-corrected chi connectivity index (χ1v) is 13.4. The summed E-state index contributed by atoms with van der Waals surface area (Å²) in [5.41, 5.74) is 1.88. The molecule has 1 N–H and O–H groups in total. The molecule has 0 spiro atoms. The lowest BCUT2D eigenvalue weighted by Gasteiger charge is -2.31. The molecule has 37 heavy (non-hydrogen) atoms. The lowest BCUT2D eigenvalue weighted by Crippen LogP contribution is -2.50. The number of benzene rings is 3. The van der Waals surface area contributed by atoms with Crippen molar-refractivity contribution in [1.29, 1.82) is 0 Å². The van der Waals surface area contributed by atoms with E-state index in [0.29, 0.717) is 10.8 Å². The van der Waals surface area contributed by atoms with Gasteiger partial charge in [-0.2, -0.15) is 0 Å². The van der Waals surface area contributed by atoms with Crippen molar-refractivity contribution in [2.45, 2.75) is 31.3 Å². The maximum Gasteiger partial charge on any atom is 0.264 e. The topological polar surface area (TPSA) is 96.0 Å². The summed E-state index contributed by atoms with van der Waals surface area (Å²) < 4.78 is 33.7. The molecule has 0 aromatic heterocycles. The summed E-state index contributed by atoms with van der Waals surface area (Å²) in [4.78, 5) is 27.6. The Bertz CT molecular complexity index is 1350. The summed E-state index contributed by atoms with van der Waals surface area (Å²) in [6.45, 7) is 3.00. The normalized spacial score (nSPS) is 11.9. The molecule has 0 aliphatic heterocycles. The van der Waals surface area contributed by atoms with Crippen LogP contribution in [0.25, 0.3) is 0 Å². The Morgan fingerprint density at radius 1 is 1.03 bits per heavy atom. The van der Waals surface area contributed by atoms with Crippen molar-refractivity contribution in [3.05, 3.63) is 88.9 Å². The molecule has 196 valence electrons. The molecule has 3 rings (SSSR count). The maximum atomic E-state index is 13.7. The van der Waals surface area contributed by atoms with Gasteiger partial charge in [-0.1, -0.05) is 47.5 Å². The minimum Gasteiger partial charge on any atom is -0.497 e. The Balaban J connectivity index is 2.01. The number of aryl methyl sites for hydroxylation is 1. The number of hydrogen-bond donors (Lipinski definition) is 1. The average Bonchev–Trinajstić information content (AvgIpc) is 2.89. The number of anilines is 1. The van der Waals surface area contributed by atoms with Crippen molar-refractivity contribution in [3.8, 4) is 5.75 Å². The fourth-order valence-corrected chi connectivity index (χ4v) is 5.31. The highest BCUT2D eigenvalue weighted by atomic mass is 35.5. The molecule has 3 aromatic carbocycles. The van der Waals surface area contributed by atoms with Gasteiger partial charge in [0.15, 0.2) is 0 Å². The summed E-state index contributed by atoms with van der Waals surface area (Å²) >= 11 is 6.17. The zero-order valence-corrected chi connectivity index (χ0v) is 22.7. The minimum absolute atomic E-state index is 0.0342. The number of amides is 2. The van der Waals surface area contributed by atoms with Gasteiger partial charge in [-0.05, 0) is 61.9 Å². The standard InChI is InChI=1S/C27H30ClN3O5S/c1-19-8-14-25(15-9-19)37(34,35)31(23-7-5-6-22(28)16-23)18-26(32)30(20(2)27(33)29-3)17-21-10-12-24(36-4)13-11-21/h5-16,20H,17-18H2,1-4H3,(H,29,33)/t20-/m0/s1. The second-order valence-corrected chi connectivity index (χ2v) is 10.8. The van der Waals surface area contributed by atoms with Crippen LogP contribution < -0.4 is 14.4 Å². The molecule has 2 amide bonds. The molecule has 3 aromatic rings. The quantitative estimate of drug-likeness (QED) is 0.417. The van der Waals surface area contributed by atoms with E-state index in [1.165, 1.54) is 30.1 Å². The Labute approximate surface area is 222 Å². The van der Waals surface area contributed by atoms with Crippen LogP contribution in [0.5, 0.6) is 5.75 Å². The van der Waals surface area contributed by atoms with Gasteiger partial charge in [-0.3, -0.25) is 13.9 Å².